The molecular weight excluding hydrogens is 190 g/mol. The summed E-state index contributed by atoms with van der Waals surface area (Å²) in [5.41, 5.74) is 0.986. The first-order valence-electron chi connectivity index (χ1n) is 4.64. The van der Waals surface area contributed by atoms with E-state index in [2.05, 4.69) is 5.16 Å². The van der Waals surface area contributed by atoms with E-state index >= 15 is 0 Å². The molecule has 2 N–H and O–H groups in total. The van der Waals surface area contributed by atoms with Crippen LogP contribution in [0.25, 0.3) is 10.8 Å². The third-order valence-corrected chi connectivity index (χ3v) is 2.42. The molecule has 0 heterocycles. The maximum atomic E-state index is 9.72. The molecule has 0 unspecified atom stereocenters. The first-order valence-corrected chi connectivity index (χ1v) is 4.64. The first-order chi connectivity index (χ1) is 7.24. The molecule has 76 valence electrons. The molecule has 15 heavy (non-hydrogen) atoms. The molecule has 0 aliphatic carbocycles. The minimum absolute atomic E-state index is 0.129. The molecule has 0 spiro atoms. The predicted molar refractivity (Wildman–Crippen MR) is 59.6 cm³/mol. The van der Waals surface area contributed by atoms with Crippen LogP contribution in [0.3, 0.4) is 0 Å². The molecule has 0 fully saturated rings. The lowest BCUT2D eigenvalue weighted by Crippen LogP contribution is -1.96. The fraction of sp³-hybridized carbons (Fsp3) is 0.0833. The van der Waals surface area contributed by atoms with E-state index in [0.717, 1.165) is 10.8 Å². The van der Waals surface area contributed by atoms with Gasteiger partial charge in [-0.3, -0.25) is 0 Å². The van der Waals surface area contributed by atoms with E-state index in [0.29, 0.717) is 11.3 Å². The molecule has 2 aromatic carbocycles. The third kappa shape index (κ3) is 1.52. The zero-order valence-electron chi connectivity index (χ0n) is 8.31. The highest BCUT2D eigenvalue weighted by Gasteiger charge is 2.09. The monoisotopic (exact) mass is 201 g/mol. The lowest BCUT2D eigenvalue weighted by Gasteiger charge is -2.07. The van der Waals surface area contributed by atoms with Gasteiger partial charge in [0.15, 0.2) is 0 Å². The number of nitrogens with zero attached hydrogens (tertiary/aromatic N) is 1. The number of hydrogen-bond acceptors (Lipinski definition) is 3. The second-order valence-corrected chi connectivity index (χ2v) is 3.37. The van der Waals surface area contributed by atoms with E-state index in [4.69, 9.17) is 5.21 Å². The highest BCUT2D eigenvalue weighted by atomic mass is 16.4. The Hall–Kier alpha value is -2.03. The summed E-state index contributed by atoms with van der Waals surface area (Å²) in [5, 5.41) is 23.5. The van der Waals surface area contributed by atoms with Gasteiger partial charge in [0.05, 0.1) is 5.71 Å². The number of hydrogen-bond donors (Lipinski definition) is 2. The van der Waals surface area contributed by atoms with Crippen molar-refractivity contribution in [1.29, 1.82) is 0 Å². The van der Waals surface area contributed by atoms with Crippen molar-refractivity contribution in [2.75, 3.05) is 0 Å². The summed E-state index contributed by atoms with van der Waals surface area (Å²) in [6.45, 7) is 1.65. The molecule has 0 saturated heterocycles. The van der Waals surface area contributed by atoms with E-state index in [1.807, 2.05) is 30.3 Å². The lowest BCUT2D eigenvalue weighted by atomic mass is 10.0. The molecule has 2 aromatic rings. The highest BCUT2D eigenvalue weighted by Crippen LogP contribution is 2.27. The lowest BCUT2D eigenvalue weighted by molar-refractivity contribution is 0.319. The number of aromatic hydroxyl groups is 1. The van der Waals surface area contributed by atoms with Gasteiger partial charge in [0, 0.05) is 5.56 Å². The second kappa shape index (κ2) is 3.61. The van der Waals surface area contributed by atoms with Crippen molar-refractivity contribution in [3.05, 3.63) is 42.0 Å². The molecule has 0 bridgehead atoms. The van der Waals surface area contributed by atoms with Gasteiger partial charge < -0.3 is 10.3 Å². The molecule has 0 aromatic heterocycles. The molecule has 0 aliphatic heterocycles. The Morgan fingerprint density at radius 2 is 1.87 bits per heavy atom. The molecule has 0 aliphatic rings. The van der Waals surface area contributed by atoms with Gasteiger partial charge in [-0.2, -0.15) is 0 Å². The first kappa shape index (κ1) is 9.52. The van der Waals surface area contributed by atoms with Crippen LogP contribution in [0.15, 0.2) is 41.6 Å². The summed E-state index contributed by atoms with van der Waals surface area (Å²) in [5.74, 6) is 0.129. The SMILES string of the molecule is C/C(=N/O)c1c(O)ccc2ccccc12. The number of oxime groups is 1. The average molecular weight is 201 g/mol. The molecule has 3 nitrogen and oxygen atoms in total. The maximum Gasteiger partial charge on any atom is 0.125 e. The summed E-state index contributed by atoms with van der Waals surface area (Å²) in [6.07, 6.45) is 0. The Morgan fingerprint density at radius 1 is 1.13 bits per heavy atom. The zero-order valence-corrected chi connectivity index (χ0v) is 8.31. The van der Waals surface area contributed by atoms with Gasteiger partial charge in [-0.15, -0.1) is 0 Å². The molecule has 0 atom stereocenters. The van der Waals surface area contributed by atoms with Crippen molar-refractivity contribution in [2.45, 2.75) is 6.92 Å². The Kier molecular flexibility index (Phi) is 2.29. The highest BCUT2D eigenvalue weighted by molar-refractivity contribution is 6.11. The van der Waals surface area contributed by atoms with E-state index < -0.39 is 0 Å². The molecule has 0 radical (unpaired) electrons. The van der Waals surface area contributed by atoms with Crippen molar-refractivity contribution in [3.8, 4) is 5.75 Å². The number of benzene rings is 2. The van der Waals surface area contributed by atoms with Crippen LogP contribution < -0.4 is 0 Å². The van der Waals surface area contributed by atoms with Gasteiger partial charge >= 0.3 is 0 Å². The van der Waals surface area contributed by atoms with Crippen LogP contribution in [-0.2, 0) is 0 Å². The van der Waals surface area contributed by atoms with Crippen LogP contribution in [0.2, 0.25) is 0 Å². The fourth-order valence-corrected chi connectivity index (χ4v) is 1.69. The van der Waals surface area contributed by atoms with Gasteiger partial charge in [0.1, 0.15) is 5.75 Å². The third-order valence-electron chi connectivity index (χ3n) is 2.42. The summed E-state index contributed by atoms with van der Waals surface area (Å²) in [6, 6.07) is 11.1. The molecular formula is C12H11NO2. The summed E-state index contributed by atoms with van der Waals surface area (Å²) in [4.78, 5) is 0. The Morgan fingerprint density at radius 3 is 2.60 bits per heavy atom. The largest absolute Gasteiger partial charge is 0.507 e. The van der Waals surface area contributed by atoms with Crippen LogP contribution in [0, 0.1) is 0 Å². The van der Waals surface area contributed by atoms with Crippen LogP contribution >= 0.6 is 0 Å². The van der Waals surface area contributed by atoms with Crippen molar-refractivity contribution in [3.63, 3.8) is 0 Å². The number of phenols is 1. The quantitative estimate of drug-likeness (QED) is 0.423. The number of phenolic OH excluding ortho intramolecular Hbond substituents is 1. The fourth-order valence-electron chi connectivity index (χ4n) is 1.69. The Balaban J connectivity index is 2.86. The van der Waals surface area contributed by atoms with Crippen LogP contribution in [-0.4, -0.2) is 16.0 Å². The van der Waals surface area contributed by atoms with E-state index in [1.54, 1.807) is 13.0 Å². The second-order valence-electron chi connectivity index (χ2n) is 3.37. The van der Waals surface area contributed by atoms with Crippen molar-refractivity contribution < 1.29 is 10.3 Å². The smallest absolute Gasteiger partial charge is 0.125 e. The zero-order chi connectivity index (χ0) is 10.8. The number of fused-ring (bicyclic) bond motifs is 1. The standard InChI is InChI=1S/C12H11NO2/c1-8(13-15)12-10-5-3-2-4-9(10)6-7-11(12)14/h2-7,14-15H,1H3/b13-8-. The van der Waals surface area contributed by atoms with E-state index in [9.17, 15) is 5.11 Å². The van der Waals surface area contributed by atoms with Gasteiger partial charge in [0.2, 0.25) is 0 Å². The topological polar surface area (TPSA) is 52.8 Å². The normalized spacial score (nSPS) is 11.9. The van der Waals surface area contributed by atoms with Gasteiger partial charge in [-0.05, 0) is 23.8 Å². The minimum atomic E-state index is 0.129. The van der Waals surface area contributed by atoms with Crippen molar-refractivity contribution in [2.24, 2.45) is 5.16 Å². The predicted octanol–water partition coefficient (Wildman–Crippen LogP) is 2.74. The number of rotatable bonds is 1. The van der Waals surface area contributed by atoms with E-state index in [1.165, 1.54) is 0 Å². The molecule has 0 saturated carbocycles. The Labute approximate surface area is 87.3 Å². The van der Waals surface area contributed by atoms with Gasteiger partial charge in [0.25, 0.3) is 0 Å². The summed E-state index contributed by atoms with van der Waals surface area (Å²) in [7, 11) is 0. The van der Waals surface area contributed by atoms with Crippen LogP contribution in [0.5, 0.6) is 5.75 Å². The molecule has 3 heteroatoms. The average Bonchev–Trinajstić information content (AvgIpc) is 2.28. The van der Waals surface area contributed by atoms with Crippen LogP contribution in [0.4, 0.5) is 0 Å². The van der Waals surface area contributed by atoms with Gasteiger partial charge in [-0.25, -0.2) is 0 Å². The Bertz CT molecular complexity index is 532. The summed E-state index contributed by atoms with van der Waals surface area (Å²) >= 11 is 0. The van der Waals surface area contributed by atoms with Crippen LogP contribution in [0.1, 0.15) is 12.5 Å². The van der Waals surface area contributed by atoms with Crippen molar-refractivity contribution >= 4 is 16.5 Å². The maximum absolute atomic E-state index is 9.72. The van der Waals surface area contributed by atoms with Crippen molar-refractivity contribution in [1.82, 2.24) is 0 Å². The summed E-state index contributed by atoms with van der Waals surface area (Å²) < 4.78 is 0. The van der Waals surface area contributed by atoms with E-state index in [-0.39, 0.29) is 5.75 Å². The minimum Gasteiger partial charge on any atom is -0.507 e. The van der Waals surface area contributed by atoms with Gasteiger partial charge in [-0.1, -0.05) is 35.5 Å². The molecule has 2 rings (SSSR count). The molecule has 0 amide bonds.